The number of pyridine rings is 1. The van der Waals surface area contributed by atoms with Crippen molar-refractivity contribution in [1.29, 1.82) is 0 Å². The number of nitrogens with one attached hydrogen (secondary N) is 2. The third-order valence-corrected chi connectivity index (χ3v) is 4.77. The van der Waals surface area contributed by atoms with Crippen LogP contribution in [0.4, 0.5) is 11.8 Å². The molecule has 3 heterocycles. The van der Waals surface area contributed by atoms with Crippen LogP contribution in [0.3, 0.4) is 0 Å². The Kier molecular flexibility index (Phi) is 5.10. The van der Waals surface area contributed by atoms with Gasteiger partial charge in [0.1, 0.15) is 23.0 Å². The van der Waals surface area contributed by atoms with Crippen molar-refractivity contribution < 1.29 is 14.1 Å². The molecule has 160 valence electrons. The zero-order valence-electron chi connectivity index (χ0n) is 18.1. The summed E-state index contributed by atoms with van der Waals surface area (Å²) in [5.74, 6) is 2.88. The predicted octanol–water partition coefficient (Wildman–Crippen LogP) is 4.15. The molecule has 0 atom stereocenters. The van der Waals surface area contributed by atoms with E-state index in [0.717, 1.165) is 16.8 Å². The highest BCUT2D eigenvalue weighted by atomic mass is 16.5. The summed E-state index contributed by atoms with van der Waals surface area (Å²) in [6.45, 7) is 6.19. The monoisotopic (exact) mass is 420 g/mol. The van der Waals surface area contributed by atoms with Gasteiger partial charge in [-0.1, -0.05) is 25.9 Å². The summed E-state index contributed by atoms with van der Waals surface area (Å²) in [7, 11) is 3.46. The lowest BCUT2D eigenvalue weighted by atomic mass is 9.93. The minimum atomic E-state index is -0.272. The summed E-state index contributed by atoms with van der Waals surface area (Å²) in [4.78, 5) is 20.5. The maximum atomic E-state index is 11.8. The molecular formula is C22H24N6O3. The number of hydrogen-bond donors (Lipinski definition) is 2. The van der Waals surface area contributed by atoms with Gasteiger partial charge in [-0.3, -0.25) is 9.78 Å². The van der Waals surface area contributed by atoms with Crippen LogP contribution in [0.2, 0.25) is 0 Å². The average Bonchev–Trinajstić information content (AvgIpc) is 3.33. The maximum absolute atomic E-state index is 11.8. The summed E-state index contributed by atoms with van der Waals surface area (Å²) < 4.78 is 13.3. The Balaban J connectivity index is 1.58. The zero-order valence-corrected chi connectivity index (χ0v) is 18.1. The Hall–Kier alpha value is -3.88. The van der Waals surface area contributed by atoms with Crippen molar-refractivity contribution in [3.63, 3.8) is 0 Å². The summed E-state index contributed by atoms with van der Waals surface area (Å²) in [5.41, 5.74) is 1.84. The van der Waals surface area contributed by atoms with Gasteiger partial charge in [0.25, 0.3) is 5.91 Å². The van der Waals surface area contributed by atoms with Gasteiger partial charge in [-0.25, -0.2) is 4.98 Å². The summed E-state index contributed by atoms with van der Waals surface area (Å²) >= 11 is 0. The number of carbonyl (C=O) groups is 1. The van der Waals surface area contributed by atoms with E-state index >= 15 is 0 Å². The quantitative estimate of drug-likeness (QED) is 0.499. The number of benzene rings is 1. The largest absolute Gasteiger partial charge is 0.457 e. The number of fused-ring (bicyclic) bond motifs is 1. The molecule has 0 radical (unpaired) electrons. The van der Waals surface area contributed by atoms with Crippen LogP contribution in [0.15, 0.2) is 47.1 Å². The molecule has 0 fully saturated rings. The van der Waals surface area contributed by atoms with Gasteiger partial charge < -0.3 is 24.5 Å². The van der Waals surface area contributed by atoms with Gasteiger partial charge in [-0.2, -0.15) is 0 Å². The Labute approximate surface area is 179 Å². The van der Waals surface area contributed by atoms with Gasteiger partial charge in [0.2, 0.25) is 5.95 Å². The first kappa shape index (κ1) is 20.4. The van der Waals surface area contributed by atoms with E-state index in [1.807, 2.05) is 35.9 Å². The van der Waals surface area contributed by atoms with E-state index in [9.17, 15) is 4.79 Å². The molecule has 9 nitrogen and oxygen atoms in total. The predicted molar refractivity (Wildman–Crippen MR) is 117 cm³/mol. The molecule has 0 aliphatic heterocycles. The Bertz CT molecular complexity index is 1250. The normalized spacial score (nSPS) is 11.5. The van der Waals surface area contributed by atoms with E-state index in [1.54, 1.807) is 19.2 Å². The highest BCUT2D eigenvalue weighted by molar-refractivity contribution is 5.92. The molecule has 31 heavy (non-hydrogen) atoms. The van der Waals surface area contributed by atoms with E-state index in [2.05, 4.69) is 46.5 Å². The summed E-state index contributed by atoms with van der Waals surface area (Å²) in [6.07, 6.45) is 1.54. The molecule has 4 aromatic rings. The van der Waals surface area contributed by atoms with Crippen molar-refractivity contribution in [3.05, 3.63) is 54.0 Å². The fourth-order valence-electron chi connectivity index (χ4n) is 3.01. The van der Waals surface area contributed by atoms with Gasteiger partial charge in [-0.05, 0) is 18.2 Å². The SMILES string of the molecule is CNC(=O)c1cc(Oc2ccc3nc(Nc4cc(C(C)(C)C)on4)n(C)c3c2)ccn1. The lowest BCUT2D eigenvalue weighted by molar-refractivity contribution is 0.0958. The number of anilines is 2. The smallest absolute Gasteiger partial charge is 0.269 e. The molecule has 0 unspecified atom stereocenters. The van der Waals surface area contributed by atoms with E-state index in [-0.39, 0.29) is 17.0 Å². The van der Waals surface area contributed by atoms with Gasteiger partial charge in [0, 0.05) is 43.9 Å². The van der Waals surface area contributed by atoms with Crippen LogP contribution in [0, 0.1) is 0 Å². The molecule has 1 amide bonds. The standard InChI is InChI=1S/C22H24N6O3/c1-22(2,3)18-12-19(27-31-18)26-21-25-15-7-6-13(11-17(15)28(21)5)30-14-8-9-24-16(10-14)20(29)23-4/h6-12H,1-5H3,(H,23,29)(H,25,26,27). The van der Waals surface area contributed by atoms with Crippen LogP contribution in [-0.2, 0) is 12.5 Å². The second kappa shape index (κ2) is 7.75. The molecule has 4 rings (SSSR count). The fourth-order valence-corrected chi connectivity index (χ4v) is 3.01. The van der Waals surface area contributed by atoms with Crippen molar-refractivity contribution in [1.82, 2.24) is 25.0 Å². The lowest BCUT2D eigenvalue weighted by Crippen LogP contribution is -2.18. The first-order valence-electron chi connectivity index (χ1n) is 9.81. The number of rotatable bonds is 5. The second-order valence-electron chi connectivity index (χ2n) is 8.15. The van der Waals surface area contributed by atoms with Gasteiger partial charge in [0.15, 0.2) is 5.82 Å². The number of aromatic nitrogens is 4. The minimum Gasteiger partial charge on any atom is -0.457 e. The molecule has 0 aliphatic rings. The molecule has 3 aromatic heterocycles. The number of imidazole rings is 1. The van der Waals surface area contributed by atoms with Crippen molar-refractivity contribution in [2.75, 3.05) is 12.4 Å². The van der Waals surface area contributed by atoms with Crippen LogP contribution >= 0.6 is 0 Å². The highest BCUT2D eigenvalue weighted by Crippen LogP contribution is 2.29. The molecule has 0 aliphatic carbocycles. The molecule has 0 bridgehead atoms. The van der Waals surface area contributed by atoms with Crippen LogP contribution in [-0.4, -0.2) is 32.6 Å². The van der Waals surface area contributed by atoms with E-state index in [4.69, 9.17) is 9.26 Å². The number of nitrogens with zero attached hydrogens (tertiary/aromatic N) is 4. The first-order chi connectivity index (χ1) is 14.7. The minimum absolute atomic E-state index is 0.129. The topological polar surface area (TPSA) is 107 Å². The van der Waals surface area contributed by atoms with Crippen molar-refractivity contribution in [2.24, 2.45) is 7.05 Å². The zero-order chi connectivity index (χ0) is 22.2. The highest BCUT2D eigenvalue weighted by Gasteiger charge is 2.20. The third kappa shape index (κ3) is 4.20. The van der Waals surface area contributed by atoms with Crippen molar-refractivity contribution >= 4 is 28.7 Å². The summed E-state index contributed by atoms with van der Waals surface area (Å²) in [6, 6.07) is 10.8. The van der Waals surface area contributed by atoms with E-state index < -0.39 is 0 Å². The number of amides is 1. The van der Waals surface area contributed by atoms with Crippen LogP contribution in [0.5, 0.6) is 11.5 Å². The van der Waals surface area contributed by atoms with Gasteiger partial charge in [0.05, 0.1) is 11.0 Å². The Morgan fingerprint density at radius 1 is 1.13 bits per heavy atom. The molecular weight excluding hydrogens is 396 g/mol. The molecule has 0 spiro atoms. The molecule has 2 N–H and O–H groups in total. The number of ether oxygens (including phenoxy) is 1. The first-order valence-corrected chi connectivity index (χ1v) is 9.81. The number of carbonyl (C=O) groups excluding carboxylic acids is 1. The Morgan fingerprint density at radius 2 is 1.90 bits per heavy atom. The number of aryl methyl sites for hydroxylation is 1. The van der Waals surface area contributed by atoms with Crippen molar-refractivity contribution in [3.8, 4) is 11.5 Å². The van der Waals surface area contributed by atoms with Gasteiger partial charge in [-0.15, -0.1) is 0 Å². The number of hydrogen-bond acceptors (Lipinski definition) is 7. The Morgan fingerprint density at radius 3 is 2.61 bits per heavy atom. The molecule has 9 heteroatoms. The van der Waals surface area contributed by atoms with E-state index in [0.29, 0.717) is 23.3 Å². The molecule has 0 saturated carbocycles. The second-order valence-corrected chi connectivity index (χ2v) is 8.15. The van der Waals surface area contributed by atoms with Crippen molar-refractivity contribution in [2.45, 2.75) is 26.2 Å². The summed E-state index contributed by atoms with van der Waals surface area (Å²) in [5, 5.41) is 9.84. The van der Waals surface area contributed by atoms with E-state index in [1.165, 1.54) is 6.20 Å². The van der Waals surface area contributed by atoms with Gasteiger partial charge >= 0.3 is 0 Å². The fraction of sp³-hybridized carbons (Fsp3) is 0.273. The molecule has 0 saturated heterocycles. The van der Waals surface area contributed by atoms with Crippen LogP contribution in [0.1, 0.15) is 37.0 Å². The van der Waals surface area contributed by atoms with Crippen LogP contribution < -0.4 is 15.4 Å². The third-order valence-electron chi connectivity index (χ3n) is 4.77. The van der Waals surface area contributed by atoms with Crippen LogP contribution in [0.25, 0.3) is 11.0 Å². The molecule has 1 aromatic carbocycles. The maximum Gasteiger partial charge on any atom is 0.269 e. The lowest BCUT2D eigenvalue weighted by Gasteiger charge is -2.12. The average molecular weight is 420 g/mol.